The molecular weight excluding hydrogens is 609 g/mol. The number of benzene rings is 1. The molecule has 258 valence electrons. The van der Waals surface area contributed by atoms with Crippen LogP contribution in [0.4, 0.5) is 0 Å². The van der Waals surface area contributed by atoms with Gasteiger partial charge in [0.25, 0.3) is 0 Å². The molecular formula is C40H62O4S2. The van der Waals surface area contributed by atoms with E-state index in [4.69, 9.17) is 18.9 Å². The quantitative estimate of drug-likeness (QED) is 0.0889. The third-order valence-corrected chi connectivity index (χ3v) is 12.2. The van der Waals surface area contributed by atoms with Gasteiger partial charge in [0.1, 0.15) is 0 Å². The first-order chi connectivity index (χ1) is 22.7. The molecule has 46 heavy (non-hydrogen) atoms. The van der Waals surface area contributed by atoms with E-state index >= 15 is 0 Å². The number of hydrogen-bond donors (Lipinski definition) is 0. The molecule has 6 heteroatoms. The van der Waals surface area contributed by atoms with E-state index < -0.39 is 11.6 Å². The Morgan fingerprint density at radius 3 is 1.09 bits per heavy atom. The zero-order chi connectivity index (χ0) is 31.9. The molecule has 0 aliphatic carbocycles. The largest absolute Gasteiger partial charge is 0.343 e. The van der Waals surface area contributed by atoms with Crippen LogP contribution in [0.25, 0.3) is 20.2 Å². The van der Waals surface area contributed by atoms with Crippen LogP contribution in [0.2, 0.25) is 0 Å². The smallest absolute Gasteiger partial charge is 0.197 e. The second-order valence-electron chi connectivity index (χ2n) is 13.8. The highest BCUT2D eigenvalue weighted by Gasteiger charge is 2.46. The van der Waals surface area contributed by atoms with Crippen molar-refractivity contribution in [1.82, 2.24) is 0 Å². The average molecular weight is 671 g/mol. The summed E-state index contributed by atoms with van der Waals surface area (Å²) in [5.74, 6) is -1.33. The molecule has 0 atom stereocenters. The number of hydrogen-bond acceptors (Lipinski definition) is 6. The summed E-state index contributed by atoms with van der Waals surface area (Å²) in [5.41, 5.74) is 2.50. The van der Waals surface area contributed by atoms with Crippen molar-refractivity contribution in [3.05, 3.63) is 34.0 Å². The van der Waals surface area contributed by atoms with Gasteiger partial charge in [-0.1, -0.05) is 129 Å². The lowest BCUT2D eigenvalue weighted by Gasteiger charge is -2.33. The first kappa shape index (κ1) is 36.3. The van der Waals surface area contributed by atoms with Gasteiger partial charge >= 0.3 is 0 Å². The van der Waals surface area contributed by atoms with Crippen LogP contribution in [0.5, 0.6) is 0 Å². The fourth-order valence-electron chi connectivity index (χ4n) is 7.83. The van der Waals surface area contributed by atoms with Crippen molar-refractivity contribution in [2.45, 2.75) is 167 Å². The van der Waals surface area contributed by atoms with Crippen LogP contribution in [0, 0.1) is 0 Å². The van der Waals surface area contributed by atoms with Crippen molar-refractivity contribution in [3.63, 3.8) is 0 Å². The lowest BCUT2D eigenvalue weighted by Crippen LogP contribution is -2.30. The lowest BCUT2D eigenvalue weighted by atomic mass is 9.88. The summed E-state index contributed by atoms with van der Waals surface area (Å²) in [6, 6.07) is 4.60. The van der Waals surface area contributed by atoms with Crippen LogP contribution >= 0.6 is 22.7 Å². The topological polar surface area (TPSA) is 36.9 Å². The Balaban J connectivity index is 1.26. The van der Waals surface area contributed by atoms with Gasteiger partial charge in [0, 0.05) is 44.1 Å². The van der Waals surface area contributed by atoms with Gasteiger partial charge in [0.2, 0.25) is 0 Å². The third-order valence-electron chi connectivity index (χ3n) is 10.3. The van der Waals surface area contributed by atoms with Crippen LogP contribution in [0.1, 0.15) is 166 Å². The molecule has 0 saturated carbocycles. The number of ether oxygens (including phenoxy) is 4. The standard InChI is InChI=1S/C40H62O4S2/c1-3-5-7-9-11-13-15-17-19-21-25-39(41-27-28-42-39)35-33-23-31-46-38(33)36(34-24-32-45-37(34)35)40(43-29-30-44-40)26-22-20-18-16-14-12-10-8-6-4-2/h23-24,31-32H,3-22,25-30H2,1-2H3. The fraction of sp³-hybridized carbons (Fsp3) is 0.750. The second-order valence-corrected chi connectivity index (χ2v) is 15.7. The highest BCUT2D eigenvalue weighted by molar-refractivity contribution is 7.19. The molecule has 4 nitrogen and oxygen atoms in total. The van der Waals surface area contributed by atoms with Crippen LogP contribution in [0.15, 0.2) is 22.9 Å². The normalized spacial score (nSPS) is 17.6. The monoisotopic (exact) mass is 670 g/mol. The molecule has 4 heterocycles. The molecule has 3 aromatic rings. The molecule has 0 radical (unpaired) electrons. The molecule has 2 saturated heterocycles. The summed E-state index contributed by atoms with van der Waals surface area (Å²) in [6.45, 7) is 7.22. The minimum absolute atomic E-state index is 0.660. The molecule has 0 N–H and O–H groups in total. The van der Waals surface area contributed by atoms with Gasteiger partial charge in [-0.2, -0.15) is 0 Å². The minimum atomic E-state index is -0.664. The highest BCUT2D eigenvalue weighted by atomic mass is 32.1. The maximum atomic E-state index is 6.62. The molecule has 0 unspecified atom stereocenters. The summed E-state index contributed by atoms with van der Waals surface area (Å²) >= 11 is 3.65. The molecule has 2 aliphatic heterocycles. The van der Waals surface area contributed by atoms with Gasteiger partial charge in [-0.05, 0) is 35.7 Å². The van der Waals surface area contributed by atoms with Crippen molar-refractivity contribution in [2.75, 3.05) is 26.4 Å². The van der Waals surface area contributed by atoms with E-state index in [9.17, 15) is 0 Å². The van der Waals surface area contributed by atoms with Crippen LogP contribution in [-0.4, -0.2) is 26.4 Å². The summed E-state index contributed by atoms with van der Waals surface area (Å²) in [4.78, 5) is 0. The van der Waals surface area contributed by atoms with E-state index in [1.54, 1.807) is 0 Å². The van der Waals surface area contributed by atoms with Crippen molar-refractivity contribution in [2.24, 2.45) is 0 Å². The van der Waals surface area contributed by atoms with E-state index in [0.717, 1.165) is 25.7 Å². The van der Waals surface area contributed by atoms with Crippen molar-refractivity contribution >= 4 is 42.8 Å². The van der Waals surface area contributed by atoms with E-state index in [2.05, 4.69) is 36.7 Å². The first-order valence-electron chi connectivity index (χ1n) is 19.2. The lowest BCUT2D eigenvalue weighted by molar-refractivity contribution is -0.171. The highest BCUT2D eigenvalue weighted by Crippen LogP contribution is 2.52. The zero-order valence-electron chi connectivity index (χ0n) is 29.1. The Hall–Kier alpha value is -1.02. The number of rotatable bonds is 24. The van der Waals surface area contributed by atoms with Gasteiger partial charge in [-0.15, -0.1) is 22.7 Å². The molecule has 2 fully saturated rings. The first-order valence-corrected chi connectivity index (χ1v) is 21.0. The van der Waals surface area contributed by atoms with Crippen molar-refractivity contribution in [3.8, 4) is 0 Å². The number of fused-ring (bicyclic) bond motifs is 2. The summed E-state index contributed by atoms with van der Waals surface area (Å²) < 4.78 is 29.1. The molecule has 5 rings (SSSR count). The Morgan fingerprint density at radius 2 is 0.761 bits per heavy atom. The predicted molar refractivity (Wildman–Crippen MR) is 197 cm³/mol. The predicted octanol–water partition coefficient (Wildman–Crippen LogP) is 13.1. The average Bonchev–Trinajstić information content (AvgIpc) is 3.90. The summed E-state index contributed by atoms with van der Waals surface area (Å²) in [6.07, 6.45) is 28.4. The third kappa shape index (κ3) is 9.15. The van der Waals surface area contributed by atoms with Crippen LogP contribution in [-0.2, 0) is 30.5 Å². The van der Waals surface area contributed by atoms with E-state index in [1.165, 1.54) is 147 Å². The maximum absolute atomic E-state index is 6.62. The molecule has 0 amide bonds. The van der Waals surface area contributed by atoms with Gasteiger partial charge < -0.3 is 18.9 Å². The van der Waals surface area contributed by atoms with E-state index in [-0.39, 0.29) is 0 Å². The van der Waals surface area contributed by atoms with E-state index in [0.29, 0.717) is 26.4 Å². The van der Waals surface area contributed by atoms with Gasteiger partial charge in [-0.3, -0.25) is 0 Å². The molecule has 2 aromatic heterocycles. The second kappa shape index (κ2) is 19.2. The van der Waals surface area contributed by atoms with Crippen molar-refractivity contribution in [1.29, 1.82) is 0 Å². The van der Waals surface area contributed by atoms with Crippen LogP contribution < -0.4 is 0 Å². The Kier molecular flexibility index (Phi) is 15.2. The van der Waals surface area contributed by atoms with Gasteiger partial charge in [-0.25, -0.2) is 0 Å². The molecule has 1 aromatic carbocycles. The summed E-state index contributed by atoms with van der Waals surface area (Å²) in [7, 11) is 0. The maximum Gasteiger partial charge on any atom is 0.197 e. The number of unbranched alkanes of at least 4 members (excludes halogenated alkanes) is 18. The van der Waals surface area contributed by atoms with Crippen LogP contribution in [0.3, 0.4) is 0 Å². The molecule has 0 spiro atoms. The van der Waals surface area contributed by atoms with E-state index in [1.807, 2.05) is 22.7 Å². The SMILES string of the molecule is CCCCCCCCCCCCC1(c2c3ccsc3c(C3(CCCCCCCCCCCC)OCCO3)c3ccsc23)OCCO1. The Labute approximate surface area is 287 Å². The molecule has 2 aliphatic rings. The van der Waals surface area contributed by atoms with Gasteiger partial charge in [0.05, 0.1) is 26.4 Å². The minimum Gasteiger partial charge on any atom is -0.343 e. The van der Waals surface area contributed by atoms with Gasteiger partial charge in [0.15, 0.2) is 11.6 Å². The zero-order valence-corrected chi connectivity index (χ0v) is 30.8. The summed E-state index contributed by atoms with van der Waals surface area (Å²) in [5, 5.41) is 7.03. The number of thiophene rings is 2. The molecule has 0 bridgehead atoms. The Bertz CT molecular complexity index is 1120. The fourth-order valence-corrected chi connectivity index (χ4v) is 9.87. The van der Waals surface area contributed by atoms with Crippen molar-refractivity contribution < 1.29 is 18.9 Å². The Morgan fingerprint density at radius 1 is 0.457 bits per heavy atom.